The maximum Gasteiger partial charge on any atom is 0.348 e. The van der Waals surface area contributed by atoms with Crippen LogP contribution in [0, 0.1) is 22.2 Å². The van der Waals surface area contributed by atoms with Crippen molar-refractivity contribution < 1.29 is 0 Å². The van der Waals surface area contributed by atoms with Crippen molar-refractivity contribution in [1.29, 1.82) is 0 Å². The number of allylic oxidation sites excluding steroid dienone is 4. The Morgan fingerprint density at radius 1 is 0.865 bits per heavy atom. The van der Waals surface area contributed by atoms with Crippen LogP contribution in [0.3, 0.4) is 0 Å². The summed E-state index contributed by atoms with van der Waals surface area (Å²) >= 11 is 0. The lowest BCUT2D eigenvalue weighted by Gasteiger charge is -2.67. The van der Waals surface area contributed by atoms with Crippen molar-refractivity contribution in [2.45, 2.75) is 76.4 Å². The molecule has 188 valence electrons. The van der Waals surface area contributed by atoms with E-state index in [-0.39, 0.29) is 51.2 Å². The number of hydrogen-bond acceptors (Lipinski definition) is 2. The van der Waals surface area contributed by atoms with Gasteiger partial charge in [-0.2, -0.15) is 0 Å². The molecule has 2 fully saturated rings. The second-order valence-electron chi connectivity index (χ2n) is 13.6. The van der Waals surface area contributed by atoms with Gasteiger partial charge < -0.3 is 0 Å². The Balaban J connectivity index is 1.32. The molecule has 5 nitrogen and oxygen atoms in total. The van der Waals surface area contributed by atoms with Crippen molar-refractivity contribution in [2.75, 3.05) is 0 Å². The third-order valence-corrected chi connectivity index (χ3v) is 12.7. The van der Waals surface area contributed by atoms with Crippen molar-refractivity contribution in [2.24, 2.45) is 22.2 Å². The Labute approximate surface area is 216 Å². The molecule has 5 aliphatic carbocycles. The zero-order valence-corrected chi connectivity index (χ0v) is 21.8. The van der Waals surface area contributed by atoms with Gasteiger partial charge in [-0.25, -0.2) is 23.5 Å². The summed E-state index contributed by atoms with van der Waals surface area (Å²) in [6.45, 7) is 7.04. The lowest BCUT2D eigenvalue weighted by atomic mass is 9.40. The van der Waals surface area contributed by atoms with Gasteiger partial charge in [0.1, 0.15) is 0 Å². The van der Waals surface area contributed by atoms with Gasteiger partial charge in [-0.05, 0) is 70.8 Å². The van der Waals surface area contributed by atoms with Gasteiger partial charge in [-0.15, -0.1) is 0 Å². The Morgan fingerprint density at radius 2 is 1.62 bits per heavy atom. The summed E-state index contributed by atoms with van der Waals surface area (Å²) in [5, 5.41) is 2.54. The van der Waals surface area contributed by atoms with Crippen LogP contribution in [-0.4, -0.2) is 13.9 Å². The summed E-state index contributed by atoms with van der Waals surface area (Å²) in [6.07, 6.45) is 14.5. The molecule has 0 amide bonds. The Morgan fingerprint density at radius 3 is 2.32 bits per heavy atom. The van der Waals surface area contributed by atoms with Crippen LogP contribution in [0.5, 0.6) is 0 Å². The predicted molar refractivity (Wildman–Crippen MR) is 144 cm³/mol. The topological polar surface area (TPSA) is 48.9 Å². The van der Waals surface area contributed by atoms with Gasteiger partial charge in [0.2, 0.25) is 0 Å². The van der Waals surface area contributed by atoms with Crippen molar-refractivity contribution in [3.8, 4) is 0 Å². The first-order chi connectivity index (χ1) is 17.8. The van der Waals surface area contributed by atoms with E-state index >= 15 is 0 Å². The van der Waals surface area contributed by atoms with Crippen molar-refractivity contribution >= 4 is 10.8 Å². The quantitative estimate of drug-likeness (QED) is 0.425. The Kier molecular flexibility index (Phi) is 3.38. The van der Waals surface area contributed by atoms with E-state index in [0.29, 0.717) is 5.92 Å². The number of aryl methyl sites for hydroxylation is 1. The average molecular weight is 492 g/mol. The molecule has 37 heavy (non-hydrogen) atoms. The molecule has 3 aromatic rings. The van der Waals surface area contributed by atoms with Crippen LogP contribution in [0.2, 0.25) is 0 Å². The van der Waals surface area contributed by atoms with Crippen molar-refractivity contribution in [3.05, 3.63) is 92.8 Å². The molecule has 7 atom stereocenters. The minimum Gasteiger partial charge on any atom is -0.246 e. The fourth-order valence-electron chi connectivity index (χ4n) is 10.4. The number of nitrogens with zero attached hydrogens (tertiary/aromatic N) is 3. The maximum absolute atomic E-state index is 14.4. The molecule has 5 heteroatoms. The van der Waals surface area contributed by atoms with E-state index in [9.17, 15) is 9.59 Å². The van der Waals surface area contributed by atoms with E-state index in [0.717, 1.165) is 25.7 Å². The standard InChI is InChI=1S/C32H33N3O2/c1-29(2)21-13-14-30(29,3)25(18-21)33-27(36)34-23-10-11-24(35(34)28(33)37)32-17-16-31(23,32)15-12-20-9-8-19-6-4-5-7-22(19)26(20)32/h4-11,16-17,21,23-25H,12-15,18H2,1-3H3/t21-,23-,24-,25+,30-,31+,32+/m0/s1. The summed E-state index contributed by atoms with van der Waals surface area (Å²) in [5.74, 6) is 0.571. The largest absolute Gasteiger partial charge is 0.348 e. The molecular weight excluding hydrogens is 458 g/mol. The van der Waals surface area contributed by atoms with Crippen LogP contribution in [0.4, 0.5) is 0 Å². The molecule has 0 N–H and O–H groups in total. The lowest BCUT2D eigenvalue weighted by molar-refractivity contribution is -0.00618. The fourth-order valence-corrected chi connectivity index (χ4v) is 10.4. The summed E-state index contributed by atoms with van der Waals surface area (Å²) in [6, 6.07) is 12.9. The van der Waals surface area contributed by atoms with Gasteiger partial charge in [-0.3, -0.25) is 0 Å². The molecular formula is C32H33N3O2. The van der Waals surface area contributed by atoms with Gasteiger partial charge in [0, 0.05) is 11.5 Å². The molecule has 0 radical (unpaired) electrons. The van der Waals surface area contributed by atoms with E-state index in [1.165, 1.54) is 28.3 Å². The SMILES string of the molecule is CC1(C)[C@H]2CC[C@@]1(C)[C@H](n1c(=O)n3n(c1=O)[C@H]1C=C[C@H]3[C@@]34C=C[C@]13c1c(ccc3ccccc13)CC4)C2. The highest BCUT2D eigenvalue weighted by atomic mass is 16.2. The Hall–Kier alpha value is -3.08. The molecule has 0 spiro atoms. The first-order valence-corrected chi connectivity index (χ1v) is 14.1. The van der Waals surface area contributed by atoms with Crippen LogP contribution in [0.15, 0.2) is 70.3 Å². The highest BCUT2D eigenvalue weighted by Crippen LogP contribution is 2.73. The summed E-state index contributed by atoms with van der Waals surface area (Å²) in [4.78, 5) is 28.7. The van der Waals surface area contributed by atoms with Gasteiger partial charge in [0.25, 0.3) is 0 Å². The highest BCUT2D eigenvalue weighted by molar-refractivity contribution is 5.89. The molecule has 2 saturated carbocycles. The molecule has 2 aliphatic heterocycles. The van der Waals surface area contributed by atoms with Crippen molar-refractivity contribution in [3.63, 3.8) is 0 Å². The Bertz CT molecular complexity index is 1750. The zero-order valence-electron chi connectivity index (χ0n) is 21.8. The molecule has 2 aromatic carbocycles. The minimum absolute atomic E-state index is 0.0259. The van der Waals surface area contributed by atoms with Crippen LogP contribution in [0.25, 0.3) is 10.8 Å². The first kappa shape index (κ1) is 20.9. The van der Waals surface area contributed by atoms with E-state index < -0.39 is 0 Å². The van der Waals surface area contributed by atoms with E-state index in [1.807, 2.05) is 9.36 Å². The van der Waals surface area contributed by atoms with Crippen LogP contribution in [-0.2, 0) is 11.8 Å². The number of fused-ring (bicyclic) bond motifs is 5. The van der Waals surface area contributed by atoms with E-state index in [2.05, 4.69) is 81.5 Å². The third-order valence-electron chi connectivity index (χ3n) is 12.7. The second-order valence-corrected chi connectivity index (χ2v) is 13.6. The molecule has 0 saturated heterocycles. The van der Waals surface area contributed by atoms with Gasteiger partial charge in [0.05, 0.1) is 17.5 Å². The molecule has 0 unspecified atom stereocenters. The molecule has 1 aromatic heterocycles. The maximum atomic E-state index is 14.4. The van der Waals surface area contributed by atoms with Crippen LogP contribution < -0.4 is 11.4 Å². The number of hydrogen-bond donors (Lipinski definition) is 0. The monoisotopic (exact) mass is 491 g/mol. The molecule has 7 aliphatic rings. The van der Waals surface area contributed by atoms with Crippen LogP contribution >= 0.6 is 0 Å². The molecule has 4 bridgehead atoms. The smallest absolute Gasteiger partial charge is 0.246 e. The number of benzene rings is 2. The van der Waals surface area contributed by atoms with Gasteiger partial charge in [-0.1, -0.05) is 81.5 Å². The summed E-state index contributed by atoms with van der Waals surface area (Å²) < 4.78 is 5.43. The van der Waals surface area contributed by atoms with E-state index in [4.69, 9.17) is 0 Å². The first-order valence-electron chi connectivity index (χ1n) is 14.1. The van der Waals surface area contributed by atoms with Gasteiger partial charge >= 0.3 is 11.4 Å². The normalized spacial score (nSPS) is 40.8. The second kappa shape index (κ2) is 5.98. The lowest BCUT2D eigenvalue weighted by Crippen LogP contribution is -2.67. The highest BCUT2D eigenvalue weighted by Gasteiger charge is 2.71. The third kappa shape index (κ3) is 1.89. The minimum atomic E-state index is -0.291. The predicted octanol–water partition coefficient (Wildman–Crippen LogP) is 5.46. The fraction of sp³-hybridized carbons (Fsp3) is 0.500. The summed E-state index contributed by atoms with van der Waals surface area (Å²) in [7, 11) is 0. The average Bonchev–Trinajstić information content (AvgIpc) is 3.36. The number of rotatable bonds is 1. The van der Waals surface area contributed by atoms with Crippen LogP contribution in [0.1, 0.15) is 75.7 Å². The molecule has 10 rings (SSSR count). The molecule has 3 heterocycles. The van der Waals surface area contributed by atoms with Gasteiger partial charge in [0.15, 0.2) is 0 Å². The number of aromatic nitrogens is 3. The van der Waals surface area contributed by atoms with E-state index in [1.54, 1.807) is 4.57 Å². The van der Waals surface area contributed by atoms with Crippen molar-refractivity contribution in [1.82, 2.24) is 13.9 Å². The zero-order chi connectivity index (χ0) is 25.1. The summed E-state index contributed by atoms with van der Waals surface area (Å²) in [5.41, 5.74) is 2.23.